The van der Waals surface area contributed by atoms with E-state index in [1.165, 1.54) is 21.0 Å². The van der Waals surface area contributed by atoms with Crippen molar-refractivity contribution >= 4 is 5.97 Å². The fourth-order valence-corrected chi connectivity index (χ4v) is 0.501. The molecule has 0 aliphatic heterocycles. The van der Waals surface area contributed by atoms with E-state index in [9.17, 15) is 9.18 Å². The van der Waals surface area contributed by atoms with Crippen LogP contribution in [-0.4, -0.2) is 18.7 Å². The number of halogens is 1. The van der Waals surface area contributed by atoms with E-state index in [0.29, 0.717) is 0 Å². The summed E-state index contributed by atoms with van der Waals surface area (Å²) in [7, 11) is 1.30. The van der Waals surface area contributed by atoms with Gasteiger partial charge < -0.3 is 4.74 Å². The van der Waals surface area contributed by atoms with Gasteiger partial charge in [0.05, 0.1) is 7.11 Å². The Morgan fingerprint density at radius 2 is 2.10 bits per heavy atom. The Bertz CT molecular complexity index is 115. The zero-order valence-corrected chi connectivity index (χ0v) is 6.61. The number of ether oxygens (including phenoxy) is 1. The minimum Gasteiger partial charge on any atom is -0.469 e. The van der Waals surface area contributed by atoms with E-state index < -0.39 is 5.67 Å². The maximum Gasteiger partial charge on any atom is 0.305 e. The lowest BCUT2D eigenvalue weighted by atomic mass is 10.1. The molecule has 0 N–H and O–H groups in total. The maximum atomic E-state index is 12.7. The van der Waals surface area contributed by atoms with Crippen molar-refractivity contribution in [1.29, 1.82) is 0 Å². The number of methoxy groups -OCH3 is 1. The Morgan fingerprint density at radius 1 is 1.60 bits per heavy atom. The van der Waals surface area contributed by atoms with Crippen LogP contribution in [0.2, 0.25) is 0 Å². The fourth-order valence-electron chi connectivity index (χ4n) is 0.501. The molecule has 0 spiro atoms. The second kappa shape index (κ2) is 3.54. The standard InChI is InChI=1S/C7H13FO2/c1-7(2,8)5-4-6(9)10-3/h4-5H2,1-3H3. The lowest BCUT2D eigenvalue weighted by Crippen LogP contribution is -2.14. The summed E-state index contributed by atoms with van der Waals surface area (Å²) < 4.78 is 17.0. The number of carbonyl (C=O) groups is 1. The molecule has 0 unspecified atom stereocenters. The van der Waals surface area contributed by atoms with E-state index in [1.807, 2.05) is 0 Å². The number of carbonyl (C=O) groups excluding carboxylic acids is 1. The third-order valence-electron chi connectivity index (χ3n) is 1.15. The SMILES string of the molecule is COC(=O)CCC(C)(C)F. The minimum atomic E-state index is -1.27. The Kier molecular flexibility index (Phi) is 3.33. The molecule has 0 saturated carbocycles. The van der Waals surface area contributed by atoms with Crippen LogP contribution in [0, 0.1) is 0 Å². The van der Waals surface area contributed by atoms with Gasteiger partial charge in [-0.3, -0.25) is 4.79 Å². The van der Waals surface area contributed by atoms with Crippen LogP contribution >= 0.6 is 0 Å². The van der Waals surface area contributed by atoms with Crippen LogP contribution in [0.5, 0.6) is 0 Å². The largest absolute Gasteiger partial charge is 0.469 e. The highest BCUT2D eigenvalue weighted by Gasteiger charge is 2.16. The van der Waals surface area contributed by atoms with Gasteiger partial charge in [-0.1, -0.05) is 0 Å². The second-order valence-corrected chi connectivity index (χ2v) is 2.79. The first kappa shape index (κ1) is 9.40. The number of hydrogen-bond donors (Lipinski definition) is 0. The van der Waals surface area contributed by atoms with Gasteiger partial charge in [0.1, 0.15) is 5.67 Å². The predicted octanol–water partition coefficient (Wildman–Crippen LogP) is 1.69. The molecule has 0 rings (SSSR count). The Balaban J connectivity index is 3.46. The third-order valence-corrected chi connectivity index (χ3v) is 1.15. The van der Waals surface area contributed by atoms with Gasteiger partial charge in [0.15, 0.2) is 0 Å². The van der Waals surface area contributed by atoms with E-state index in [4.69, 9.17) is 0 Å². The van der Waals surface area contributed by atoms with Crippen molar-refractivity contribution in [2.45, 2.75) is 32.4 Å². The first-order chi connectivity index (χ1) is 4.45. The van der Waals surface area contributed by atoms with Gasteiger partial charge in [0.2, 0.25) is 0 Å². The second-order valence-electron chi connectivity index (χ2n) is 2.79. The maximum absolute atomic E-state index is 12.7. The van der Waals surface area contributed by atoms with Crippen molar-refractivity contribution < 1.29 is 13.9 Å². The summed E-state index contributed by atoms with van der Waals surface area (Å²) in [5.41, 5.74) is -1.27. The van der Waals surface area contributed by atoms with Crippen molar-refractivity contribution in [3.05, 3.63) is 0 Å². The quantitative estimate of drug-likeness (QED) is 0.569. The number of alkyl halides is 1. The van der Waals surface area contributed by atoms with Crippen LogP contribution in [0.1, 0.15) is 26.7 Å². The van der Waals surface area contributed by atoms with E-state index in [0.717, 1.165) is 0 Å². The van der Waals surface area contributed by atoms with Crippen LogP contribution in [0.25, 0.3) is 0 Å². The minimum absolute atomic E-state index is 0.153. The van der Waals surface area contributed by atoms with Gasteiger partial charge in [-0.05, 0) is 20.3 Å². The Labute approximate surface area is 60.4 Å². The van der Waals surface area contributed by atoms with Gasteiger partial charge in [0.25, 0.3) is 0 Å². The predicted molar refractivity (Wildman–Crippen MR) is 36.4 cm³/mol. The van der Waals surface area contributed by atoms with E-state index in [1.54, 1.807) is 0 Å². The summed E-state index contributed by atoms with van der Waals surface area (Å²) in [4.78, 5) is 10.5. The Hall–Kier alpha value is -0.600. The summed E-state index contributed by atoms with van der Waals surface area (Å²) in [6.45, 7) is 2.88. The van der Waals surface area contributed by atoms with E-state index in [-0.39, 0.29) is 18.8 Å². The highest BCUT2D eigenvalue weighted by molar-refractivity contribution is 5.69. The molecule has 0 aromatic rings. The smallest absolute Gasteiger partial charge is 0.305 e. The van der Waals surface area contributed by atoms with Crippen molar-refractivity contribution in [3.8, 4) is 0 Å². The average Bonchev–Trinajstić information content (AvgIpc) is 1.81. The summed E-state index contributed by atoms with van der Waals surface area (Å²) in [5.74, 6) is -0.356. The normalized spacial score (nSPS) is 11.2. The Morgan fingerprint density at radius 3 is 2.40 bits per heavy atom. The molecule has 0 aliphatic carbocycles. The molecule has 0 saturated heterocycles. The van der Waals surface area contributed by atoms with E-state index in [2.05, 4.69) is 4.74 Å². The van der Waals surface area contributed by atoms with Gasteiger partial charge in [-0.25, -0.2) is 4.39 Å². The van der Waals surface area contributed by atoms with Crippen LogP contribution in [0.15, 0.2) is 0 Å². The number of hydrogen-bond acceptors (Lipinski definition) is 2. The molecule has 0 aromatic heterocycles. The molecule has 0 aromatic carbocycles. The molecule has 0 bridgehead atoms. The molecule has 60 valence electrons. The lowest BCUT2D eigenvalue weighted by molar-refractivity contribution is -0.141. The molecule has 10 heavy (non-hydrogen) atoms. The third kappa shape index (κ3) is 5.54. The number of esters is 1. The zero-order valence-electron chi connectivity index (χ0n) is 6.61. The van der Waals surface area contributed by atoms with Crippen molar-refractivity contribution in [2.24, 2.45) is 0 Å². The lowest BCUT2D eigenvalue weighted by Gasteiger charge is -2.11. The van der Waals surface area contributed by atoms with Gasteiger partial charge in [-0.2, -0.15) is 0 Å². The van der Waals surface area contributed by atoms with E-state index >= 15 is 0 Å². The number of rotatable bonds is 3. The molecule has 3 heteroatoms. The summed E-state index contributed by atoms with van der Waals surface area (Å²) in [5, 5.41) is 0. The molecule has 0 radical (unpaired) electrons. The monoisotopic (exact) mass is 148 g/mol. The van der Waals surface area contributed by atoms with Crippen LogP contribution in [-0.2, 0) is 9.53 Å². The fraction of sp³-hybridized carbons (Fsp3) is 0.857. The molecule has 0 fully saturated rings. The highest BCUT2D eigenvalue weighted by Crippen LogP contribution is 2.15. The molecule has 0 heterocycles. The van der Waals surface area contributed by atoms with Crippen molar-refractivity contribution in [1.82, 2.24) is 0 Å². The molecule has 0 aliphatic rings. The molecule has 0 atom stereocenters. The van der Waals surface area contributed by atoms with Gasteiger partial charge in [0, 0.05) is 6.42 Å². The first-order valence-electron chi connectivity index (χ1n) is 3.21. The summed E-state index contributed by atoms with van der Waals surface area (Å²) in [6.07, 6.45) is 0.375. The van der Waals surface area contributed by atoms with Crippen molar-refractivity contribution in [2.75, 3.05) is 7.11 Å². The highest BCUT2D eigenvalue weighted by atomic mass is 19.1. The molecule has 0 amide bonds. The van der Waals surface area contributed by atoms with Crippen LogP contribution in [0.4, 0.5) is 4.39 Å². The molecular weight excluding hydrogens is 135 g/mol. The van der Waals surface area contributed by atoms with Crippen molar-refractivity contribution in [3.63, 3.8) is 0 Å². The summed E-state index contributed by atoms with van der Waals surface area (Å²) in [6, 6.07) is 0. The van der Waals surface area contributed by atoms with Crippen LogP contribution < -0.4 is 0 Å². The first-order valence-corrected chi connectivity index (χ1v) is 3.21. The van der Waals surface area contributed by atoms with Gasteiger partial charge >= 0.3 is 5.97 Å². The topological polar surface area (TPSA) is 26.3 Å². The average molecular weight is 148 g/mol. The van der Waals surface area contributed by atoms with Gasteiger partial charge in [-0.15, -0.1) is 0 Å². The molecule has 2 nitrogen and oxygen atoms in total. The summed E-state index contributed by atoms with van der Waals surface area (Å²) >= 11 is 0. The zero-order chi connectivity index (χ0) is 8.20. The molecular formula is C7H13FO2. The van der Waals surface area contributed by atoms with Crippen LogP contribution in [0.3, 0.4) is 0 Å².